The van der Waals surface area contributed by atoms with Gasteiger partial charge in [-0.3, -0.25) is 4.79 Å². The highest BCUT2D eigenvalue weighted by atomic mass is 19.1. The van der Waals surface area contributed by atoms with Crippen molar-refractivity contribution in [3.63, 3.8) is 0 Å². The Balaban J connectivity index is 1.23. The van der Waals surface area contributed by atoms with Gasteiger partial charge < -0.3 is 14.8 Å². The fraction of sp³-hybridized carbons (Fsp3) is 0.406. The largest absolute Gasteiger partial charge is 0.489 e. The highest BCUT2D eigenvalue weighted by Gasteiger charge is 2.15. The molecule has 1 fully saturated rings. The van der Waals surface area contributed by atoms with Crippen LogP contribution in [0.25, 0.3) is 10.8 Å². The minimum absolute atomic E-state index is 0.116. The van der Waals surface area contributed by atoms with E-state index in [0.717, 1.165) is 79.1 Å². The van der Waals surface area contributed by atoms with Gasteiger partial charge in [0, 0.05) is 31.4 Å². The number of halogens is 1. The zero-order chi connectivity index (χ0) is 27.1. The Hall–Kier alpha value is -3.26. The summed E-state index contributed by atoms with van der Waals surface area (Å²) in [6, 6.07) is 20.9. The first-order valence-corrected chi connectivity index (χ1v) is 14.0. The first kappa shape index (κ1) is 28.7. The molecule has 208 valence electrons. The molecule has 1 heterocycles. The Kier molecular flexibility index (Phi) is 11.8. The minimum Gasteiger partial charge on any atom is -0.489 e. The molecule has 0 aliphatic carbocycles. The molecule has 0 bridgehead atoms. The smallest absolute Gasteiger partial charge is 0.243 e. The number of nitrogens with one attached hydrogen (secondary N) is 2. The van der Waals surface area contributed by atoms with Crippen LogP contribution in [0, 0.1) is 5.82 Å². The molecule has 1 saturated heterocycles. The number of allylic oxidation sites excluding steroid dienone is 1. The third-order valence-corrected chi connectivity index (χ3v) is 6.75. The average Bonchev–Trinajstić information content (AvgIpc) is 2.97. The van der Waals surface area contributed by atoms with Gasteiger partial charge >= 0.3 is 0 Å². The molecule has 39 heavy (non-hydrogen) atoms. The molecule has 3 aromatic rings. The van der Waals surface area contributed by atoms with Gasteiger partial charge in [-0.1, -0.05) is 54.6 Å². The number of rotatable bonds is 15. The number of fused-ring (bicyclic) bond motifs is 1. The highest BCUT2D eigenvalue weighted by molar-refractivity contribution is 5.88. The van der Waals surface area contributed by atoms with Crippen LogP contribution < -0.4 is 15.5 Å². The van der Waals surface area contributed by atoms with Crippen molar-refractivity contribution in [1.29, 1.82) is 0 Å². The topological polar surface area (TPSA) is 68.8 Å². The molecular weight excluding hydrogens is 495 g/mol. The summed E-state index contributed by atoms with van der Waals surface area (Å²) < 4.78 is 24.9. The fourth-order valence-corrected chi connectivity index (χ4v) is 4.53. The minimum atomic E-state index is -0.328. The Morgan fingerprint density at radius 1 is 1.03 bits per heavy atom. The summed E-state index contributed by atoms with van der Waals surface area (Å²) >= 11 is 0. The number of hydrogen-bond donors (Lipinski definition) is 2. The maximum Gasteiger partial charge on any atom is 0.243 e. The van der Waals surface area contributed by atoms with Crippen molar-refractivity contribution < 1.29 is 23.5 Å². The second-order valence-electron chi connectivity index (χ2n) is 9.87. The predicted molar refractivity (Wildman–Crippen MR) is 152 cm³/mol. The summed E-state index contributed by atoms with van der Waals surface area (Å²) in [7, 11) is 0. The van der Waals surface area contributed by atoms with E-state index in [1.165, 1.54) is 12.1 Å². The van der Waals surface area contributed by atoms with Crippen LogP contribution in [0.3, 0.4) is 0 Å². The van der Waals surface area contributed by atoms with Crippen molar-refractivity contribution in [1.82, 2.24) is 10.8 Å². The van der Waals surface area contributed by atoms with Crippen LogP contribution in [0.2, 0.25) is 0 Å². The lowest BCUT2D eigenvalue weighted by atomic mass is 10.1. The summed E-state index contributed by atoms with van der Waals surface area (Å²) in [6.07, 6.45) is 8.54. The lowest BCUT2D eigenvalue weighted by molar-refractivity contribution is -0.200. The van der Waals surface area contributed by atoms with Gasteiger partial charge in [-0.25, -0.2) is 14.7 Å². The number of amides is 1. The van der Waals surface area contributed by atoms with Gasteiger partial charge in [0.25, 0.3) is 0 Å². The number of benzene rings is 3. The molecule has 2 N–H and O–H groups in total. The molecule has 1 aliphatic rings. The van der Waals surface area contributed by atoms with Gasteiger partial charge in [0.2, 0.25) is 5.91 Å². The molecule has 0 saturated carbocycles. The predicted octanol–water partition coefficient (Wildman–Crippen LogP) is 6.25. The quantitative estimate of drug-likeness (QED) is 0.137. The maximum atomic E-state index is 13.2. The molecule has 0 aromatic heterocycles. The van der Waals surface area contributed by atoms with Crippen molar-refractivity contribution in [2.24, 2.45) is 0 Å². The second kappa shape index (κ2) is 16.0. The van der Waals surface area contributed by atoms with Crippen LogP contribution in [-0.2, 0) is 20.8 Å². The summed E-state index contributed by atoms with van der Waals surface area (Å²) in [5.41, 5.74) is 4.78. The molecule has 0 spiro atoms. The number of hydroxylamine groups is 1. The lowest BCUT2D eigenvalue weighted by Crippen LogP contribution is -2.32. The third-order valence-electron chi connectivity index (χ3n) is 6.75. The van der Waals surface area contributed by atoms with Crippen LogP contribution in [0.1, 0.15) is 50.5 Å². The molecule has 1 amide bonds. The number of ether oxygens (including phenoxy) is 2. The number of carbonyl (C=O) groups excluding carboxylic acids is 1. The molecule has 6 nitrogen and oxygen atoms in total. The second-order valence-corrected chi connectivity index (χ2v) is 9.87. The van der Waals surface area contributed by atoms with Crippen molar-refractivity contribution in [3.05, 3.63) is 89.8 Å². The van der Waals surface area contributed by atoms with E-state index in [4.69, 9.17) is 14.3 Å². The zero-order valence-corrected chi connectivity index (χ0v) is 22.5. The molecule has 1 atom stereocenters. The summed E-state index contributed by atoms with van der Waals surface area (Å²) in [5.74, 6) is 0.532. The Morgan fingerprint density at radius 2 is 1.87 bits per heavy atom. The zero-order valence-electron chi connectivity index (χ0n) is 22.5. The number of hydrogen-bond acceptors (Lipinski definition) is 5. The van der Waals surface area contributed by atoms with E-state index in [0.29, 0.717) is 26.2 Å². The summed E-state index contributed by atoms with van der Waals surface area (Å²) in [5, 5.41) is 5.74. The Labute approximate surface area is 230 Å². The van der Waals surface area contributed by atoms with Crippen LogP contribution in [0.5, 0.6) is 5.75 Å². The Bertz CT molecular complexity index is 1190. The Morgan fingerprint density at radius 3 is 2.72 bits per heavy atom. The van der Waals surface area contributed by atoms with Crippen molar-refractivity contribution >= 4 is 16.7 Å². The van der Waals surface area contributed by atoms with Crippen molar-refractivity contribution in [2.45, 2.75) is 57.7 Å². The van der Waals surface area contributed by atoms with Crippen LogP contribution in [0.4, 0.5) is 4.39 Å². The van der Waals surface area contributed by atoms with E-state index >= 15 is 0 Å². The molecule has 1 aliphatic heterocycles. The summed E-state index contributed by atoms with van der Waals surface area (Å²) in [6.45, 7) is 2.64. The first-order valence-electron chi connectivity index (χ1n) is 14.0. The van der Waals surface area contributed by atoms with Crippen LogP contribution in [0.15, 0.2) is 78.4 Å². The molecule has 3 aromatic carbocycles. The van der Waals surface area contributed by atoms with Crippen LogP contribution in [-0.4, -0.2) is 38.5 Å². The van der Waals surface area contributed by atoms with Gasteiger partial charge in [-0.2, -0.15) is 0 Å². The van der Waals surface area contributed by atoms with E-state index in [1.807, 2.05) is 36.4 Å². The van der Waals surface area contributed by atoms with Gasteiger partial charge in [-0.15, -0.1) is 0 Å². The molecular formula is C32H39FN2O4. The third kappa shape index (κ3) is 10.1. The van der Waals surface area contributed by atoms with Crippen molar-refractivity contribution in [2.75, 3.05) is 26.3 Å². The highest BCUT2D eigenvalue weighted by Crippen LogP contribution is 2.25. The normalized spacial score (nSPS) is 15.8. The standard InChI is InChI=1S/C32H39FN2O4/c33-28-18-16-25(17-19-28)20-21-34-23-26(24-38-30-13-8-11-27-10-4-5-12-29(27)30)9-2-1-3-14-31(36)35-39-32-15-6-7-22-37-32/h4-5,8-13,16-19,32,34H,1-3,6-7,14-15,20-24H2,(H,35,36)/b26-9-. The average molecular weight is 535 g/mol. The van der Waals surface area contributed by atoms with Gasteiger partial charge in [0.1, 0.15) is 18.2 Å². The van der Waals surface area contributed by atoms with Gasteiger partial charge in [0.15, 0.2) is 6.29 Å². The molecule has 7 heteroatoms. The number of unbranched alkanes of at least 4 members (excludes halogenated alkanes) is 2. The van der Waals surface area contributed by atoms with Crippen LogP contribution >= 0.6 is 0 Å². The van der Waals surface area contributed by atoms with Gasteiger partial charge in [-0.05, 0) is 79.8 Å². The van der Waals surface area contributed by atoms with Gasteiger partial charge in [0.05, 0.1) is 0 Å². The summed E-state index contributed by atoms with van der Waals surface area (Å²) in [4.78, 5) is 17.5. The van der Waals surface area contributed by atoms with E-state index < -0.39 is 0 Å². The molecule has 1 unspecified atom stereocenters. The van der Waals surface area contributed by atoms with E-state index in [2.05, 4.69) is 35.1 Å². The fourth-order valence-electron chi connectivity index (χ4n) is 4.53. The van der Waals surface area contributed by atoms with E-state index in [1.54, 1.807) is 0 Å². The molecule has 0 radical (unpaired) electrons. The van der Waals surface area contributed by atoms with E-state index in [-0.39, 0.29) is 18.0 Å². The van der Waals surface area contributed by atoms with Crippen molar-refractivity contribution in [3.8, 4) is 5.75 Å². The SMILES string of the molecule is O=C(CCCC/C=C(/CNCCc1ccc(F)cc1)COc1cccc2ccccc12)NOC1CCCCO1. The lowest BCUT2D eigenvalue weighted by Gasteiger charge is -2.22. The maximum absolute atomic E-state index is 13.2. The number of carbonyl (C=O) groups is 1. The molecule has 4 rings (SSSR count). The first-order chi connectivity index (χ1) is 19.2. The monoisotopic (exact) mass is 534 g/mol. The van der Waals surface area contributed by atoms with E-state index in [9.17, 15) is 9.18 Å².